The van der Waals surface area contributed by atoms with Crippen LogP contribution in [-0.2, 0) is 20.9 Å². The summed E-state index contributed by atoms with van der Waals surface area (Å²) in [5.74, 6) is 0.156. The second-order valence-corrected chi connectivity index (χ2v) is 7.22. The van der Waals surface area contributed by atoms with Gasteiger partial charge in [-0.25, -0.2) is 0 Å². The van der Waals surface area contributed by atoms with Gasteiger partial charge in [-0.1, -0.05) is 30.3 Å². The Labute approximate surface area is 167 Å². The molecule has 0 spiro atoms. The number of amides is 2. The summed E-state index contributed by atoms with van der Waals surface area (Å²) in [5.41, 5.74) is 0.412. The second kappa shape index (κ2) is 10.1. The molecule has 7 heteroatoms. The molecule has 0 radical (unpaired) electrons. The van der Waals surface area contributed by atoms with Crippen molar-refractivity contribution in [1.29, 1.82) is 0 Å². The number of rotatable bonds is 5. The van der Waals surface area contributed by atoms with Crippen LogP contribution in [0.3, 0.4) is 0 Å². The summed E-state index contributed by atoms with van der Waals surface area (Å²) in [6, 6.07) is 9.92. The van der Waals surface area contributed by atoms with Gasteiger partial charge in [-0.3, -0.25) is 9.59 Å². The van der Waals surface area contributed by atoms with Gasteiger partial charge in [0, 0.05) is 32.7 Å². The number of nitrogens with zero attached hydrogens (tertiary/aromatic N) is 1. The summed E-state index contributed by atoms with van der Waals surface area (Å²) in [4.78, 5) is 27.3. The molecule has 0 bridgehead atoms. The molecular weight excluding hydrogens is 366 g/mol. The number of ether oxygens (including phenoxy) is 1. The Morgan fingerprint density at radius 3 is 2.41 bits per heavy atom. The molecule has 6 nitrogen and oxygen atoms in total. The highest BCUT2D eigenvalue weighted by molar-refractivity contribution is 5.86. The van der Waals surface area contributed by atoms with E-state index in [-0.39, 0.29) is 30.1 Å². The van der Waals surface area contributed by atoms with Gasteiger partial charge in [-0.15, -0.1) is 12.4 Å². The molecular formula is C20H30ClN3O3. The largest absolute Gasteiger partial charge is 0.368 e. The zero-order chi connectivity index (χ0) is 18.4. The number of benzene rings is 1. The second-order valence-electron chi connectivity index (χ2n) is 7.22. The smallest absolute Gasteiger partial charge is 0.254 e. The van der Waals surface area contributed by atoms with Gasteiger partial charge in [-0.2, -0.15) is 0 Å². The SMILES string of the molecule is COC1(C(=O)N2CCC(C(=O)NCc3ccccc3)CC2)CCNCC1.Cl. The molecule has 2 N–H and O–H groups in total. The predicted molar refractivity (Wildman–Crippen MR) is 107 cm³/mol. The maximum Gasteiger partial charge on any atom is 0.254 e. The molecule has 3 rings (SSSR count). The summed E-state index contributed by atoms with van der Waals surface area (Å²) >= 11 is 0. The fourth-order valence-electron chi connectivity index (χ4n) is 3.90. The highest BCUT2D eigenvalue weighted by Gasteiger charge is 2.43. The number of hydrogen-bond acceptors (Lipinski definition) is 4. The highest BCUT2D eigenvalue weighted by atomic mass is 35.5. The molecule has 2 saturated heterocycles. The third kappa shape index (κ3) is 5.21. The number of carbonyl (C=O) groups excluding carboxylic acids is 2. The van der Waals surface area contributed by atoms with Gasteiger partial charge < -0.3 is 20.3 Å². The molecule has 150 valence electrons. The molecule has 2 heterocycles. The number of carbonyl (C=O) groups is 2. The molecule has 2 amide bonds. The Morgan fingerprint density at radius 2 is 1.81 bits per heavy atom. The highest BCUT2D eigenvalue weighted by Crippen LogP contribution is 2.28. The van der Waals surface area contributed by atoms with Crippen molar-refractivity contribution >= 4 is 24.2 Å². The molecule has 1 aromatic rings. The van der Waals surface area contributed by atoms with Crippen molar-refractivity contribution in [2.75, 3.05) is 33.3 Å². The molecule has 2 aliphatic heterocycles. The van der Waals surface area contributed by atoms with Gasteiger partial charge in [0.1, 0.15) is 5.60 Å². The fourth-order valence-corrected chi connectivity index (χ4v) is 3.90. The van der Waals surface area contributed by atoms with Gasteiger partial charge in [0.25, 0.3) is 5.91 Å². The average Bonchev–Trinajstić information content (AvgIpc) is 2.73. The lowest BCUT2D eigenvalue weighted by molar-refractivity contribution is -0.160. The first-order chi connectivity index (χ1) is 12.6. The first-order valence-electron chi connectivity index (χ1n) is 9.51. The average molecular weight is 396 g/mol. The first kappa shape index (κ1) is 21.7. The quantitative estimate of drug-likeness (QED) is 0.796. The van der Waals surface area contributed by atoms with E-state index < -0.39 is 5.60 Å². The number of likely N-dealkylation sites (tertiary alicyclic amines) is 1. The van der Waals surface area contributed by atoms with Crippen molar-refractivity contribution in [1.82, 2.24) is 15.5 Å². The van der Waals surface area contributed by atoms with E-state index in [1.165, 1.54) is 0 Å². The van der Waals surface area contributed by atoms with Crippen molar-refractivity contribution in [3.05, 3.63) is 35.9 Å². The van der Waals surface area contributed by atoms with E-state index in [1.54, 1.807) is 7.11 Å². The summed E-state index contributed by atoms with van der Waals surface area (Å²) in [6.45, 7) is 3.41. The third-order valence-electron chi connectivity index (χ3n) is 5.65. The van der Waals surface area contributed by atoms with Crippen LogP contribution in [0.15, 0.2) is 30.3 Å². The van der Waals surface area contributed by atoms with Crippen LogP contribution >= 0.6 is 12.4 Å². The summed E-state index contributed by atoms with van der Waals surface area (Å²) in [5, 5.41) is 6.30. The molecule has 2 fully saturated rings. The minimum atomic E-state index is -0.687. The molecule has 27 heavy (non-hydrogen) atoms. The van der Waals surface area contributed by atoms with Crippen LogP contribution in [0.25, 0.3) is 0 Å². The lowest BCUT2D eigenvalue weighted by Crippen LogP contribution is -2.57. The third-order valence-corrected chi connectivity index (χ3v) is 5.65. The normalized spacial score (nSPS) is 19.8. The standard InChI is InChI=1S/C20H29N3O3.ClH/c1-26-20(9-11-21-12-10-20)19(25)23-13-7-17(8-14-23)18(24)22-15-16-5-3-2-4-6-16;/h2-6,17,21H,7-15H2,1H3,(H,22,24);1H. The zero-order valence-corrected chi connectivity index (χ0v) is 16.7. The minimum absolute atomic E-state index is 0. The van der Waals surface area contributed by atoms with Crippen LogP contribution in [0.2, 0.25) is 0 Å². The lowest BCUT2D eigenvalue weighted by atomic mass is 9.88. The number of piperidine rings is 2. The van der Waals surface area contributed by atoms with Crippen molar-refractivity contribution < 1.29 is 14.3 Å². The molecule has 0 aromatic heterocycles. The van der Waals surface area contributed by atoms with Crippen LogP contribution < -0.4 is 10.6 Å². The Bertz CT molecular complexity index is 612. The molecule has 1 aromatic carbocycles. The number of nitrogens with one attached hydrogen (secondary N) is 2. The van der Waals surface area contributed by atoms with E-state index >= 15 is 0 Å². The van der Waals surface area contributed by atoms with Gasteiger partial charge in [-0.05, 0) is 44.3 Å². The van der Waals surface area contributed by atoms with Crippen LogP contribution in [0.4, 0.5) is 0 Å². The van der Waals surface area contributed by atoms with E-state index in [9.17, 15) is 9.59 Å². The molecule has 0 atom stereocenters. The number of halogens is 1. The fraction of sp³-hybridized carbons (Fsp3) is 0.600. The van der Waals surface area contributed by atoms with E-state index in [2.05, 4.69) is 10.6 Å². The number of methoxy groups -OCH3 is 1. The Balaban J connectivity index is 0.00000261. The zero-order valence-electron chi connectivity index (χ0n) is 15.9. The van der Waals surface area contributed by atoms with E-state index in [1.807, 2.05) is 35.2 Å². The molecule has 2 aliphatic rings. The van der Waals surface area contributed by atoms with E-state index in [0.29, 0.717) is 45.3 Å². The first-order valence-corrected chi connectivity index (χ1v) is 9.51. The van der Waals surface area contributed by atoms with Crippen LogP contribution in [0.1, 0.15) is 31.2 Å². The summed E-state index contributed by atoms with van der Waals surface area (Å²) in [6.07, 6.45) is 2.84. The van der Waals surface area contributed by atoms with Gasteiger partial charge >= 0.3 is 0 Å². The maximum absolute atomic E-state index is 13.0. The van der Waals surface area contributed by atoms with Crippen LogP contribution in [0, 0.1) is 5.92 Å². The van der Waals surface area contributed by atoms with Crippen LogP contribution in [0.5, 0.6) is 0 Å². The van der Waals surface area contributed by atoms with Crippen molar-refractivity contribution in [3.63, 3.8) is 0 Å². The van der Waals surface area contributed by atoms with Crippen LogP contribution in [-0.4, -0.2) is 55.6 Å². The van der Waals surface area contributed by atoms with E-state index in [4.69, 9.17) is 4.74 Å². The van der Waals surface area contributed by atoms with Gasteiger partial charge in [0.2, 0.25) is 5.91 Å². The molecule has 0 aliphatic carbocycles. The maximum atomic E-state index is 13.0. The minimum Gasteiger partial charge on any atom is -0.368 e. The topological polar surface area (TPSA) is 70.7 Å². The summed E-state index contributed by atoms with van der Waals surface area (Å²) in [7, 11) is 1.63. The molecule has 0 saturated carbocycles. The Kier molecular flexibility index (Phi) is 8.07. The Hall–Kier alpha value is -1.63. The van der Waals surface area contributed by atoms with E-state index in [0.717, 1.165) is 18.7 Å². The predicted octanol–water partition coefficient (Wildman–Crippen LogP) is 1.73. The molecule has 0 unspecified atom stereocenters. The number of hydrogen-bond donors (Lipinski definition) is 2. The van der Waals surface area contributed by atoms with Crippen molar-refractivity contribution in [2.45, 2.75) is 37.8 Å². The monoisotopic (exact) mass is 395 g/mol. The van der Waals surface area contributed by atoms with Gasteiger partial charge in [0.15, 0.2) is 0 Å². The summed E-state index contributed by atoms with van der Waals surface area (Å²) < 4.78 is 5.65. The van der Waals surface area contributed by atoms with Crippen molar-refractivity contribution in [2.24, 2.45) is 5.92 Å². The van der Waals surface area contributed by atoms with Crippen molar-refractivity contribution in [3.8, 4) is 0 Å². The Morgan fingerprint density at radius 1 is 1.19 bits per heavy atom. The van der Waals surface area contributed by atoms with Gasteiger partial charge in [0.05, 0.1) is 0 Å². The lowest BCUT2D eigenvalue weighted by Gasteiger charge is -2.41.